The highest BCUT2D eigenvalue weighted by Crippen LogP contribution is 2.27. The first-order valence-electron chi connectivity index (χ1n) is 12.7. The summed E-state index contributed by atoms with van der Waals surface area (Å²) in [7, 11) is 1.28. The summed E-state index contributed by atoms with van der Waals surface area (Å²) < 4.78 is 59.3. The lowest BCUT2D eigenvalue weighted by molar-refractivity contribution is -0.158. The minimum Gasteiger partial charge on any atom is -0.494 e. The topological polar surface area (TPSA) is 79.7 Å². The van der Waals surface area contributed by atoms with Gasteiger partial charge in [-0.25, -0.2) is 9.37 Å². The Morgan fingerprint density at radius 1 is 1.13 bits per heavy atom. The highest BCUT2D eigenvalue weighted by atomic mass is 19.4. The molecule has 1 fully saturated rings. The molecular formula is C27H31F4N5O3. The highest BCUT2D eigenvalue weighted by Gasteiger charge is 2.37. The normalized spacial score (nSPS) is 15.7. The molecule has 1 aromatic heterocycles. The van der Waals surface area contributed by atoms with Crippen LogP contribution in [0.25, 0.3) is 22.3 Å². The molecule has 8 nitrogen and oxygen atoms in total. The maximum Gasteiger partial charge on any atom is 0.408 e. The number of rotatable bonds is 7. The minimum absolute atomic E-state index is 0.00159. The Hall–Kier alpha value is -3.67. The predicted molar refractivity (Wildman–Crippen MR) is 141 cm³/mol. The number of likely N-dealkylation sites (N-methyl/N-ethyl adjacent to an activating group) is 1. The van der Waals surface area contributed by atoms with Crippen LogP contribution in [0.5, 0.6) is 5.75 Å². The van der Waals surface area contributed by atoms with Gasteiger partial charge in [-0.2, -0.15) is 13.2 Å². The Kier molecular flexibility index (Phi) is 8.43. The molecule has 3 aromatic rings. The number of carbonyl (C=O) groups is 1. The van der Waals surface area contributed by atoms with E-state index in [1.807, 2.05) is 11.4 Å². The molecule has 0 unspecified atom stereocenters. The van der Waals surface area contributed by atoms with Crippen LogP contribution in [0.1, 0.15) is 20.3 Å². The van der Waals surface area contributed by atoms with Crippen molar-refractivity contribution in [2.24, 2.45) is 0 Å². The Labute approximate surface area is 223 Å². The van der Waals surface area contributed by atoms with Crippen molar-refractivity contribution < 1.29 is 27.1 Å². The van der Waals surface area contributed by atoms with E-state index < -0.39 is 36.0 Å². The first-order valence-corrected chi connectivity index (χ1v) is 12.7. The van der Waals surface area contributed by atoms with E-state index in [1.54, 1.807) is 12.1 Å². The van der Waals surface area contributed by atoms with Crippen LogP contribution >= 0.6 is 0 Å². The number of carbonyl (C=O) groups excluding carboxylic acids is 1. The Morgan fingerprint density at radius 3 is 2.59 bits per heavy atom. The van der Waals surface area contributed by atoms with Crippen molar-refractivity contribution >= 4 is 22.5 Å². The summed E-state index contributed by atoms with van der Waals surface area (Å²) in [6.07, 6.45) is -3.69. The molecule has 12 heteroatoms. The number of hydrogen-bond donors (Lipinski definition) is 1. The lowest BCUT2D eigenvalue weighted by Crippen LogP contribution is -2.45. The van der Waals surface area contributed by atoms with Crippen molar-refractivity contribution in [2.45, 2.75) is 39.0 Å². The van der Waals surface area contributed by atoms with Gasteiger partial charge in [-0.05, 0) is 62.8 Å². The van der Waals surface area contributed by atoms with Gasteiger partial charge in [0.15, 0.2) is 11.6 Å². The SMILES string of the molecule is CCN1CCCN(c2ccc3nc(-c4ccc(F)c(OC)c4)n(CC(=O)N[C@H](C)C(F)(F)F)c(=O)c3c2)CC1. The molecular weight excluding hydrogens is 518 g/mol. The fourth-order valence-corrected chi connectivity index (χ4v) is 4.63. The molecule has 0 bridgehead atoms. The summed E-state index contributed by atoms with van der Waals surface area (Å²) in [6.45, 7) is 6.59. The summed E-state index contributed by atoms with van der Waals surface area (Å²) in [5.41, 5.74) is 0.824. The molecule has 1 saturated heterocycles. The van der Waals surface area contributed by atoms with Crippen LogP contribution < -0.4 is 20.5 Å². The van der Waals surface area contributed by atoms with Crippen molar-refractivity contribution in [1.29, 1.82) is 0 Å². The predicted octanol–water partition coefficient (Wildman–Crippen LogP) is 3.81. The van der Waals surface area contributed by atoms with Gasteiger partial charge in [-0.15, -0.1) is 0 Å². The Morgan fingerprint density at radius 2 is 1.90 bits per heavy atom. The standard InChI is InChI=1S/C27H31F4N5O3/c1-4-34-10-5-11-35(13-12-34)19-7-9-22-20(15-19)26(38)36(16-24(37)32-17(2)27(29,30)31)25(33-22)18-6-8-21(28)23(14-18)39-3/h6-9,14-15,17H,4-5,10-13,16H2,1-3H3,(H,32,37)/t17-/m1/s1. The van der Waals surface area contributed by atoms with Gasteiger partial charge in [-0.1, -0.05) is 6.92 Å². The average Bonchev–Trinajstić information content (AvgIpc) is 3.15. The van der Waals surface area contributed by atoms with Crippen LogP contribution in [0.4, 0.5) is 23.2 Å². The van der Waals surface area contributed by atoms with Crippen molar-refractivity contribution in [3.8, 4) is 17.1 Å². The van der Waals surface area contributed by atoms with E-state index in [0.717, 1.165) is 62.4 Å². The smallest absolute Gasteiger partial charge is 0.408 e. The van der Waals surface area contributed by atoms with E-state index in [2.05, 4.69) is 21.7 Å². The van der Waals surface area contributed by atoms with E-state index in [-0.39, 0.29) is 22.5 Å². The number of nitrogens with one attached hydrogen (secondary N) is 1. The van der Waals surface area contributed by atoms with Crippen LogP contribution in [-0.2, 0) is 11.3 Å². The van der Waals surface area contributed by atoms with Crippen molar-refractivity contribution in [1.82, 2.24) is 19.8 Å². The summed E-state index contributed by atoms with van der Waals surface area (Å²) in [5, 5.41) is 2.11. The second-order valence-corrected chi connectivity index (χ2v) is 9.48. The van der Waals surface area contributed by atoms with E-state index >= 15 is 0 Å². The molecule has 1 N–H and O–H groups in total. The number of aromatic nitrogens is 2. The molecule has 1 atom stereocenters. The number of fused-ring (bicyclic) bond motifs is 1. The van der Waals surface area contributed by atoms with Gasteiger partial charge in [0.05, 0.1) is 18.0 Å². The maximum atomic E-state index is 14.1. The fourth-order valence-electron chi connectivity index (χ4n) is 4.63. The van der Waals surface area contributed by atoms with Crippen molar-refractivity contribution in [2.75, 3.05) is 44.7 Å². The quantitative estimate of drug-likeness (QED) is 0.452. The number of anilines is 1. The molecule has 0 spiro atoms. The first kappa shape index (κ1) is 28.3. The van der Waals surface area contributed by atoms with Crippen LogP contribution in [-0.4, -0.2) is 72.4 Å². The van der Waals surface area contributed by atoms with Crippen LogP contribution in [0, 0.1) is 5.82 Å². The lowest BCUT2D eigenvalue weighted by atomic mass is 10.1. The molecule has 0 radical (unpaired) electrons. The number of benzene rings is 2. The molecule has 39 heavy (non-hydrogen) atoms. The number of ether oxygens (including phenoxy) is 1. The average molecular weight is 550 g/mol. The zero-order valence-corrected chi connectivity index (χ0v) is 22.0. The molecule has 2 heterocycles. The van der Waals surface area contributed by atoms with Gasteiger partial charge in [-0.3, -0.25) is 14.2 Å². The van der Waals surface area contributed by atoms with Gasteiger partial charge in [0.25, 0.3) is 5.56 Å². The van der Waals surface area contributed by atoms with Gasteiger partial charge in [0, 0.05) is 30.9 Å². The van der Waals surface area contributed by atoms with E-state index in [0.29, 0.717) is 5.52 Å². The summed E-state index contributed by atoms with van der Waals surface area (Å²) in [6, 6.07) is 6.98. The first-order chi connectivity index (χ1) is 18.5. The number of methoxy groups -OCH3 is 1. The van der Waals surface area contributed by atoms with E-state index in [9.17, 15) is 27.2 Å². The second-order valence-electron chi connectivity index (χ2n) is 9.48. The van der Waals surface area contributed by atoms with E-state index in [4.69, 9.17) is 4.74 Å². The minimum atomic E-state index is -4.65. The Bertz CT molecular complexity index is 1410. The van der Waals surface area contributed by atoms with Crippen LogP contribution in [0.2, 0.25) is 0 Å². The summed E-state index contributed by atoms with van der Waals surface area (Å²) in [5.74, 6) is -1.76. The third-order valence-electron chi connectivity index (χ3n) is 6.92. The van der Waals surface area contributed by atoms with Crippen LogP contribution in [0.3, 0.4) is 0 Å². The molecule has 0 aliphatic carbocycles. The van der Waals surface area contributed by atoms with Gasteiger partial charge in [0.2, 0.25) is 5.91 Å². The number of alkyl halides is 3. The molecule has 2 aromatic carbocycles. The monoisotopic (exact) mass is 549 g/mol. The van der Waals surface area contributed by atoms with E-state index in [1.165, 1.54) is 19.2 Å². The van der Waals surface area contributed by atoms with Gasteiger partial charge >= 0.3 is 6.18 Å². The third-order valence-corrected chi connectivity index (χ3v) is 6.92. The molecule has 0 saturated carbocycles. The van der Waals surface area contributed by atoms with Crippen LogP contribution in [0.15, 0.2) is 41.2 Å². The number of nitrogens with zero attached hydrogens (tertiary/aromatic N) is 4. The number of hydrogen-bond acceptors (Lipinski definition) is 6. The second kappa shape index (κ2) is 11.6. The van der Waals surface area contributed by atoms with Crippen molar-refractivity contribution in [3.63, 3.8) is 0 Å². The lowest BCUT2D eigenvalue weighted by Gasteiger charge is -2.24. The van der Waals surface area contributed by atoms with Crippen molar-refractivity contribution in [3.05, 3.63) is 52.6 Å². The molecule has 1 aliphatic rings. The third kappa shape index (κ3) is 6.32. The molecule has 4 rings (SSSR count). The highest BCUT2D eigenvalue weighted by molar-refractivity contribution is 5.85. The maximum absolute atomic E-state index is 14.1. The summed E-state index contributed by atoms with van der Waals surface area (Å²) >= 11 is 0. The largest absolute Gasteiger partial charge is 0.494 e. The molecule has 1 aliphatic heterocycles. The number of halogens is 4. The molecule has 210 valence electrons. The zero-order chi connectivity index (χ0) is 28.3. The molecule has 1 amide bonds. The Balaban J connectivity index is 1.79. The van der Waals surface area contributed by atoms with Gasteiger partial charge < -0.3 is 19.9 Å². The zero-order valence-electron chi connectivity index (χ0n) is 22.0. The summed E-state index contributed by atoms with van der Waals surface area (Å²) in [4.78, 5) is 35.5. The number of amides is 1. The van der Waals surface area contributed by atoms with Gasteiger partial charge in [0.1, 0.15) is 18.4 Å². The fraction of sp³-hybridized carbons (Fsp3) is 0.444.